The smallest absolute Gasteiger partial charge is 0.155 e. The van der Waals surface area contributed by atoms with Crippen LogP contribution in [0.2, 0.25) is 0 Å². The highest BCUT2D eigenvalue weighted by molar-refractivity contribution is 5.84. The molecule has 136 valence electrons. The maximum Gasteiger partial charge on any atom is 0.155 e. The molecule has 5 nitrogen and oxygen atoms in total. The Hall–Kier alpha value is -3.73. The van der Waals surface area contributed by atoms with Crippen molar-refractivity contribution < 1.29 is 5.11 Å². The molecule has 0 aliphatic heterocycles. The Morgan fingerprint density at radius 1 is 0.857 bits per heavy atom. The number of phenolic OH excluding ortho intramolecular Hbond substituents is 1. The summed E-state index contributed by atoms with van der Waals surface area (Å²) in [5, 5.41) is 11.1. The zero-order chi connectivity index (χ0) is 19.3. The topological polar surface area (TPSA) is 63.3 Å². The predicted molar refractivity (Wildman–Crippen MR) is 110 cm³/mol. The SMILES string of the molecule is Cc1cc(-c2cn3c(-c4ccc5ncccc5c4)cnc3cn2)cc(C)c1O. The summed E-state index contributed by atoms with van der Waals surface area (Å²) in [5.74, 6) is 0.331. The van der Waals surface area contributed by atoms with Crippen molar-refractivity contribution in [3.8, 4) is 28.3 Å². The van der Waals surface area contributed by atoms with Gasteiger partial charge in [0.15, 0.2) is 5.65 Å². The lowest BCUT2D eigenvalue weighted by atomic mass is 10.0. The zero-order valence-corrected chi connectivity index (χ0v) is 15.6. The third-order valence-corrected chi connectivity index (χ3v) is 5.08. The van der Waals surface area contributed by atoms with E-state index in [-0.39, 0.29) is 0 Å². The van der Waals surface area contributed by atoms with Crippen LogP contribution in [0.4, 0.5) is 0 Å². The fourth-order valence-corrected chi connectivity index (χ4v) is 3.59. The number of aromatic nitrogens is 4. The lowest BCUT2D eigenvalue weighted by Crippen LogP contribution is -1.94. The van der Waals surface area contributed by atoms with E-state index in [1.165, 1.54) is 0 Å². The minimum absolute atomic E-state index is 0.331. The van der Waals surface area contributed by atoms with Crippen LogP contribution in [0.1, 0.15) is 11.1 Å². The second kappa shape index (κ2) is 6.16. The second-order valence-corrected chi connectivity index (χ2v) is 7.01. The molecule has 0 amide bonds. The molecule has 0 aliphatic carbocycles. The van der Waals surface area contributed by atoms with Gasteiger partial charge in [-0.25, -0.2) is 4.98 Å². The number of pyridine rings is 1. The van der Waals surface area contributed by atoms with Gasteiger partial charge >= 0.3 is 0 Å². The Kier molecular flexibility index (Phi) is 3.62. The molecule has 3 heterocycles. The summed E-state index contributed by atoms with van der Waals surface area (Å²) in [6, 6.07) is 14.1. The molecule has 0 unspecified atom stereocenters. The van der Waals surface area contributed by atoms with E-state index < -0.39 is 0 Å². The van der Waals surface area contributed by atoms with Crippen molar-refractivity contribution in [3.05, 3.63) is 78.4 Å². The quantitative estimate of drug-likeness (QED) is 0.481. The van der Waals surface area contributed by atoms with Gasteiger partial charge in [-0.05, 0) is 55.3 Å². The van der Waals surface area contributed by atoms with Gasteiger partial charge in [-0.15, -0.1) is 0 Å². The summed E-state index contributed by atoms with van der Waals surface area (Å²) >= 11 is 0. The average molecular weight is 366 g/mol. The van der Waals surface area contributed by atoms with Crippen LogP contribution in [-0.2, 0) is 0 Å². The van der Waals surface area contributed by atoms with E-state index in [1.54, 1.807) is 12.4 Å². The van der Waals surface area contributed by atoms with Crippen LogP contribution >= 0.6 is 0 Å². The van der Waals surface area contributed by atoms with Gasteiger partial charge in [0.25, 0.3) is 0 Å². The molecule has 0 radical (unpaired) electrons. The van der Waals surface area contributed by atoms with E-state index >= 15 is 0 Å². The van der Waals surface area contributed by atoms with Gasteiger partial charge in [-0.3, -0.25) is 14.4 Å². The van der Waals surface area contributed by atoms with Crippen LogP contribution in [0, 0.1) is 13.8 Å². The molecule has 5 heteroatoms. The molecule has 3 aromatic heterocycles. The first-order valence-corrected chi connectivity index (χ1v) is 9.09. The van der Waals surface area contributed by atoms with Crippen LogP contribution in [0.5, 0.6) is 5.75 Å². The summed E-state index contributed by atoms with van der Waals surface area (Å²) in [6.45, 7) is 3.80. The fourth-order valence-electron chi connectivity index (χ4n) is 3.59. The number of aromatic hydroxyl groups is 1. The third kappa shape index (κ3) is 2.60. The zero-order valence-electron chi connectivity index (χ0n) is 15.6. The molecule has 5 aromatic rings. The lowest BCUT2D eigenvalue weighted by molar-refractivity contribution is 0.467. The van der Waals surface area contributed by atoms with Crippen LogP contribution in [0.15, 0.2) is 67.3 Å². The molecule has 0 aliphatic rings. The summed E-state index contributed by atoms with van der Waals surface area (Å²) in [6.07, 6.45) is 7.44. The van der Waals surface area contributed by atoms with E-state index in [2.05, 4.69) is 37.6 Å². The first-order chi connectivity index (χ1) is 13.6. The predicted octanol–water partition coefficient (Wildman–Crippen LogP) is 4.93. The van der Waals surface area contributed by atoms with Gasteiger partial charge in [-0.1, -0.05) is 12.1 Å². The third-order valence-electron chi connectivity index (χ3n) is 5.08. The molecule has 0 saturated carbocycles. The normalized spacial score (nSPS) is 11.4. The maximum atomic E-state index is 10.1. The Morgan fingerprint density at radius 2 is 1.68 bits per heavy atom. The molecule has 0 saturated heterocycles. The number of hydrogen-bond acceptors (Lipinski definition) is 4. The van der Waals surface area contributed by atoms with Crippen molar-refractivity contribution in [2.24, 2.45) is 0 Å². The van der Waals surface area contributed by atoms with Crippen LogP contribution in [-0.4, -0.2) is 24.5 Å². The number of benzene rings is 2. The van der Waals surface area contributed by atoms with Gasteiger partial charge in [-0.2, -0.15) is 0 Å². The van der Waals surface area contributed by atoms with Crippen LogP contribution in [0.3, 0.4) is 0 Å². The van der Waals surface area contributed by atoms with Crippen LogP contribution in [0.25, 0.3) is 39.1 Å². The molecule has 0 atom stereocenters. The van der Waals surface area contributed by atoms with Crippen molar-refractivity contribution in [1.29, 1.82) is 0 Å². The Balaban J connectivity index is 1.68. The molecule has 1 N–H and O–H groups in total. The van der Waals surface area contributed by atoms with Gasteiger partial charge in [0.1, 0.15) is 5.75 Å². The Bertz CT molecular complexity index is 1330. The van der Waals surface area contributed by atoms with Gasteiger partial charge in [0, 0.05) is 28.9 Å². The standard InChI is InChI=1S/C23H18N4O/c1-14-8-18(9-15(2)23(14)28)20-13-27-21(11-26-22(27)12-25-20)17-5-6-19-16(10-17)4-3-7-24-19/h3-13,28H,1-2H3. The molecule has 5 rings (SSSR count). The van der Waals surface area contributed by atoms with Gasteiger partial charge in [0.2, 0.25) is 0 Å². The number of nitrogens with zero attached hydrogens (tertiary/aromatic N) is 4. The number of imidazole rings is 1. The lowest BCUT2D eigenvalue weighted by Gasteiger charge is -2.09. The number of phenols is 1. The van der Waals surface area contributed by atoms with Crippen molar-refractivity contribution >= 4 is 16.6 Å². The van der Waals surface area contributed by atoms with Crippen molar-refractivity contribution in [1.82, 2.24) is 19.4 Å². The van der Waals surface area contributed by atoms with Gasteiger partial charge < -0.3 is 5.11 Å². The summed E-state index contributed by atoms with van der Waals surface area (Å²) in [5.41, 5.74) is 7.31. The van der Waals surface area contributed by atoms with E-state index in [1.807, 2.05) is 50.5 Å². The molecule has 0 bridgehead atoms. The number of fused-ring (bicyclic) bond motifs is 2. The summed E-state index contributed by atoms with van der Waals surface area (Å²) in [7, 11) is 0. The van der Waals surface area contributed by atoms with E-state index in [0.717, 1.165) is 50.2 Å². The largest absolute Gasteiger partial charge is 0.507 e. The van der Waals surface area contributed by atoms with Crippen molar-refractivity contribution in [2.75, 3.05) is 0 Å². The van der Waals surface area contributed by atoms with E-state index in [0.29, 0.717) is 5.75 Å². The Morgan fingerprint density at radius 3 is 2.50 bits per heavy atom. The minimum Gasteiger partial charge on any atom is -0.507 e. The second-order valence-electron chi connectivity index (χ2n) is 7.01. The molecular formula is C23H18N4O. The number of aryl methyl sites for hydroxylation is 2. The highest BCUT2D eigenvalue weighted by atomic mass is 16.3. The highest BCUT2D eigenvalue weighted by Crippen LogP contribution is 2.30. The fraction of sp³-hybridized carbons (Fsp3) is 0.0870. The van der Waals surface area contributed by atoms with Crippen LogP contribution < -0.4 is 0 Å². The van der Waals surface area contributed by atoms with Gasteiger partial charge in [0.05, 0.1) is 29.3 Å². The first-order valence-electron chi connectivity index (χ1n) is 9.09. The molecular weight excluding hydrogens is 348 g/mol. The maximum absolute atomic E-state index is 10.1. The molecule has 0 fully saturated rings. The summed E-state index contributed by atoms with van der Waals surface area (Å²) in [4.78, 5) is 13.5. The number of rotatable bonds is 2. The van der Waals surface area contributed by atoms with E-state index in [9.17, 15) is 5.11 Å². The van der Waals surface area contributed by atoms with Crippen molar-refractivity contribution in [2.45, 2.75) is 13.8 Å². The summed E-state index contributed by atoms with van der Waals surface area (Å²) < 4.78 is 2.05. The van der Waals surface area contributed by atoms with Crippen molar-refractivity contribution in [3.63, 3.8) is 0 Å². The molecule has 2 aromatic carbocycles. The van der Waals surface area contributed by atoms with E-state index in [4.69, 9.17) is 0 Å². The minimum atomic E-state index is 0.331. The molecule has 0 spiro atoms. The Labute approximate surface area is 162 Å². The number of hydrogen-bond donors (Lipinski definition) is 1. The molecule has 28 heavy (non-hydrogen) atoms. The first kappa shape index (κ1) is 16.4. The average Bonchev–Trinajstić information content (AvgIpc) is 3.14. The highest BCUT2D eigenvalue weighted by Gasteiger charge is 2.11. The monoisotopic (exact) mass is 366 g/mol.